The second-order valence-corrected chi connectivity index (χ2v) is 6.24. The van der Waals surface area contributed by atoms with Crippen molar-refractivity contribution in [2.24, 2.45) is 5.92 Å². The molecule has 1 aliphatic heterocycles. The SMILES string of the molecule is O[C@]12CCCC[C@H]1[C@H](c1ccc(Cl)cc1)[NH2+]CC2. The lowest BCUT2D eigenvalue weighted by atomic mass is 9.67. The van der Waals surface area contributed by atoms with Gasteiger partial charge in [0.25, 0.3) is 0 Å². The van der Waals surface area contributed by atoms with Gasteiger partial charge in [0.1, 0.15) is 6.04 Å². The summed E-state index contributed by atoms with van der Waals surface area (Å²) in [6.07, 6.45) is 5.52. The van der Waals surface area contributed by atoms with Crippen LogP contribution in [0.4, 0.5) is 0 Å². The van der Waals surface area contributed by atoms with Crippen molar-refractivity contribution in [1.29, 1.82) is 0 Å². The number of quaternary nitrogens is 1. The third-order valence-corrected chi connectivity index (χ3v) is 5.00. The monoisotopic (exact) mass is 266 g/mol. The van der Waals surface area contributed by atoms with E-state index >= 15 is 0 Å². The summed E-state index contributed by atoms with van der Waals surface area (Å²) in [7, 11) is 0. The quantitative estimate of drug-likeness (QED) is 0.804. The van der Waals surface area contributed by atoms with Crippen molar-refractivity contribution in [1.82, 2.24) is 0 Å². The second-order valence-electron chi connectivity index (χ2n) is 5.81. The fourth-order valence-electron chi connectivity index (χ4n) is 3.80. The molecule has 0 aromatic heterocycles. The molecule has 3 heteroatoms. The average molecular weight is 267 g/mol. The van der Waals surface area contributed by atoms with Crippen LogP contribution < -0.4 is 5.32 Å². The fraction of sp³-hybridized carbons (Fsp3) is 0.600. The Balaban J connectivity index is 1.88. The van der Waals surface area contributed by atoms with Crippen molar-refractivity contribution in [2.75, 3.05) is 6.54 Å². The molecule has 98 valence electrons. The van der Waals surface area contributed by atoms with Crippen LogP contribution in [-0.2, 0) is 0 Å². The summed E-state index contributed by atoms with van der Waals surface area (Å²) in [4.78, 5) is 0. The molecular formula is C15H21ClNO+. The van der Waals surface area contributed by atoms with Crippen LogP contribution in [0.5, 0.6) is 0 Å². The highest BCUT2D eigenvalue weighted by atomic mass is 35.5. The molecule has 1 saturated heterocycles. The molecule has 1 aliphatic carbocycles. The summed E-state index contributed by atoms with van der Waals surface area (Å²) >= 11 is 5.96. The van der Waals surface area contributed by atoms with Crippen molar-refractivity contribution in [2.45, 2.75) is 43.7 Å². The zero-order valence-corrected chi connectivity index (χ0v) is 11.4. The van der Waals surface area contributed by atoms with Gasteiger partial charge in [-0.1, -0.05) is 36.6 Å². The molecule has 3 atom stereocenters. The molecule has 0 unspecified atom stereocenters. The van der Waals surface area contributed by atoms with Crippen molar-refractivity contribution < 1.29 is 10.4 Å². The molecular weight excluding hydrogens is 246 g/mol. The maximum absolute atomic E-state index is 10.8. The largest absolute Gasteiger partial charge is 0.389 e. The highest BCUT2D eigenvalue weighted by molar-refractivity contribution is 6.30. The van der Waals surface area contributed by atoms with Gasteiger partial charge in [0, 0.05) is 22.9 Å². The Kier molecular flexibility index (Phi) is 3.35. The van der Waals surface area contributed by atoms with Gasteiger partial charge in [-0.15, -0.1) is 0 Å². The molecule has 0 radical (unpaired) electrons. The Labute approximate surface area is 113 Å². The van der Waals surface area contributed by atoms with Crippen LogP contribution in [0.3, 0.4) is 0 Å². The van der Waals surface area contributed by atoms with Gasteiger partial charge in [0.05, 0.1) is 12.1 Å². The van der Waals surface area contributed by atoms with Crippen LogP contribution in [0.2, 0.25) is 5.02 Å². The molecule has 18 heavy (non-hydrogen) atoms. The first-order valence-corrected chi connectivity index (χ1v) is 7.38. The first-order chi connectivity index (χ1) is 8.69. The lowest BCUT2D eigenvalue weighted by molar-refractivity contribution is -0.719. The first kappa shape index (κ1) is 12.5. The minimum atomic E-state index is -0.419. The van der Waals surface area contributed by atoms with E-state index in [9.17, 15) is 5.11 Å². The number of hydrogen-bond donors (Lipinski definition) is 2. The van der Waals surface area contributed by atoms with E-state index in [0.29, 0.717) is 12.0 Å². The fourth-order valence-corrected chi connectivity index (χ4v) is 3.93. The van der Waals surface area contributed by atoms with Gasteiger partial charge < -0.3 is 10.4 Å². The molecule has 0 amide bonds. The van der Waals surface area contributed by atoms with Gasteiger partial charge in [-0.25, -0.2) is 0 Å². The molecule has 2 fully saturated rings. The molecule has 0 bridgehead atoms. The highest BCUT2D eigenvalue weighted by Gasteiger charge is 2.48. The summed E-state index contributed by atoms with van der Waals surface area (Å²) in [5, 5.41) is 14.0. The highest BCUT2D eigenvalue weighted by Crippen LogP contribution is 2.43. The molecule has 1 heterocycles. The van der Waals surface area contributed by atoms with E-state index in [1.807, 2.05) is 12.1 Å². The smallest absolute Gasteiger partial charge is 0.117 e. The van der Waals surface area contributed by atoms with Gasteiger partial charge in [-0.05, 0) is 25.0 Å². The summed E-state index contributed by atoms with van der Waals surface area (Å²) in [6, 6.07) is 8.55. The summed E-state index contributed by atoms with van der Waals surface area (Å²) in [5.41, 5.74) is 0.890. The Morgan fingerprint density at radius 3 is 2.72 bits per heavy atom. The number of rotatable bonds is 1. The van der Waals surface area contributed by atoms with E-state index < -0.39 is 5.60 Å². The van der Waals surface area contributed by atoms with Crippen LogP contribution >= 0.6 is 11.6 Å². The van der Waals surface area contributed by atoms with E-state index in [4.69, 9.17) is 11.6 Å². The van der Waals surface area contributed by atoms with E-state index in [0.717, 1.165) is 30.8 Å². The predicted octanol–water partition coefficient (Wildman–Crippen LogP) is 2.27. The average Bonchev–Trinajstić information content (AvgIpc) is 2.38. The lowest BCUT2D eigenvalue weighted by Gasteiger charge is -2.46. The van der Waals surface area contributed by atoms with E-state index in [2.05, 4.69) is 17.4 Å². The molecule has 1 saturated carbocycles. The van der Waals surface area contributed by atoms with Crippen molar-refractivity contribution >= 4 is 11.6 Å². The molecule has 3 N–H and O–H groups in total. The predicted molar refractivity (Wildman–Crippen MR) is 72.5 cm³/mol. The van der Waals surface area contributed by atoms with Crippen LogP contribution in [0.1, 0.15) is 43.7 Å². The molecule has 2 aliphatic rings. The summed E-state index contributed by atoms with van der Waals surface area (Å²) in [5.74, 6) is 0.404. The third kappa shape index (κ3) is 2.18. The van der Waals surface area contributed by atoms with Crippen LogP contribution in [-0.4, -0.2) is 17.3 Å². The normalized spacial score (nSPS) is 36.1. The van der Waals surface area contributed by atoms with Gasteiger partial charge in [0.15, 0.2) is 0 Å². The molecule has 1 aromatic carbocycles. The summed E-state index contributed by atoms with van der Waals surface area (Å²) < 4.78 is 0. The number of aliphatic hydroxyl groups is 1. The standard InChI is InChI=1S/C15H20ClNO/c16-12-6-4-11(5-7-12)14-13-3-1-2-8-15(13,18)9-10-17-14/h4-7,13-14,17-18H,1-3,8-10H2/p+1/t13-,14-,15-/m0/s1. The molecule has 2 nitrogen and oxygen atoms in total. The number of piperidine rings is 1. The second kappa shape index (κ2) is 4.84. The van der Waals surface area contributed by atoms with Gasteiger partial charge in [-0.2, -0.15) is 0 Å². The zero-order chi connectivity index (χ0) is 12.6. The van der Waals surface area contributed by atoms with Crippen LogP contribution in [0.15, 0.2) is 24.3 Å². The summed E-state index contributed by atoms with van der Waals surface area (Å²) in [6.45, 7) is 1.03. The van der Waals surface area contributed by atoms with Crippen molar-refractivity contribution in [3.05, 3.63) is 34.9 Å². The first-order valence-electron chi connectivity index (χ1n) is 7.00. The lowest BCUT2D eigenvalue weighted by Crippen LogP contribution is -2.91. The zero-order valence-electron chi connectivity index (χ0n) is 10.6. The van der Waals surface area contributed by atoms with Crippen molar-refractivity contribution in [3.8, 4) is 0 Å². The minimum absolute atomic E-state index is 0.404. The Morgan fingerprint density at radius 2 is 1.94 bits per heavy atom. The number of fused-ring (bicyclic) bond motifs is 1. The topological polar surface area (TPSA) is 36.8 Å². The Bertz CT molecular complexity index is 415. The van der Waals surface area contributed by atoms with Crippen LogP contribution in [0.25, 0.3) is 0 Å². The number of halogens is 1. The number of nitrogens with two attached hydrogens (primary N) is 1. The van der Waals surface area contributed by atoms with E-state index in [1.54, 1.807) is 0 Å². The van der Waals surface area contributed by atoms with E-state index in [1.165, 1.54) is 18.4 Å². The number of benzene rings is 1. The Hall–Kier alpha value is -0.570. The third-order valence-electron chi connectivity index (χ3n) is 4.75. The molecule has 3 rings (SSSR count). The van der Waals surface area contributed by atoms with Gasteiger partial charge >= 0.3 is 0 Å². The maximum atomic E-state index is 10.8. The minimum Gasteiger partial charge on any atom is -0.389 e. The molecule has 0 spiro atoms. The van der Waals surface area contributed by atoms with Crippen molar-refractivity contribution in [3.63, 3.8) is 0 Å². The molecule has 1 aromatic rings. The van der Waals surface area contributed by atoms with Crippen LogP contribution in [0, 0.1) is 5.92 Å². The van der Waals surface area contributed by atoms with E-state index in [-0.39, 0.29) is 0 Å². The Morgan fingerprint density at radius 1 is 1.17 bits per heavy atom. The van der Waals surface area contributed by atoms with Gasteiger partial charge in [0.2, 0.25) is 0 Å². The number of hydrogen-bond acceptors (Lipinski definition) is 1. The van der Waals surface area contributed by atoms with Gasteiger partial charge in [-0.3, -0.25) is 0 Å². The maximum Gasteiger partial charge on any atom is 0.117 e.